The van der Waals surface area contributed by atoms with Gasteiger partial charge in [-0.1, -0.05) is 0 Å². The zero-order valence-corrected chi connectivity index (χ0v) is 14.7. The van der Waals surface area contributed by atoms with Crippen molar-refractivity contribution in [3.8, 4) is 11.5 Å². The number of fused-ring (bicyclic) bond motifs is 1. The van der Waals surface area contributed by atoms with Crippen molar-refractivity contribution < 1.29 is 9.47 Å². The molecule has 0 aromatic carbocycles. The first-order chi connectivity index (χ1) is 12.3. The van der Waals surface area contributed by atoms with Crippen molar-refractivity contribution in [2.24, 2.45) is 11.8 Å². The minimum atomic E-state index is 0.366. The summed E-state index contributed by atoms with van der Waals surface area (Å²) in [7, 11) is 3.53. The van der Waals surface area contributed by atoms with E-state index >= 15 is 0 Å². The molecular formula is C17H24N6O2. The van der Waals surface area contributed by atoms with Crippen molar-refractivity contribution in [1.82, 2.24) is 24.7 Å². The quantitative estimate of drug-likeness (QED) is 0.780. The van der Waals surface area contributed by atoms with Crippen LogP contribution in [-0.2, 0) is 16.0 Å². The van der Waals surface area contributed by atoms with Gasteiger partial charge in [-0.15, -0.1) is 10.2 Å². The number of methoxy groups -OCH3 is 2. The highest BCUT2D eigenvalue weighted by atomic mass is 16.5. The van der Waals surface area contributed by atoms with E-state index in [9.17, 15) is 0 Å². The van der Waals surface area contributed by atoms with E-state index in [0.29, 0.717) is 31.1 Å². The highest BCUT2D eigenvalue weighted by Gasteiger charge is 2.44. The van der Waals surface area contributed by atoms with E-state index in [-0.39, 0.29) is 0 Å². The molecule has 25 heavy (non-hydrogen) atoms. The van der Waals surface area contributed by atoms with E-state index in [1.54, 1.807) is 25.7 Å². The molecule has 0 N–H and O–H groups in total. The molecule has 134 valence electrons. The Hall–Kier alpha value is -2.06. The monoisotopic (exact) mass is 344 g/mol. The summed E-state index contributed by atoms with van der Waals surface area (Å²) in [4.78, 5) is 10.9. The number of hydrogen-bond acceptors (Lipinski definition) is 7. The van der Waals surface area contributed by atoms with E-state index in [2.05, 4.69) is 29.6 Å². The number of rotatable bonds is 6. The lowest BCUT2D eigenvalue weighted by atomic mass is 9.99. The van der Waals surface area contributed by atoms with Gasteiger partial charge in [0.25, 0.3) is 0 Å². The third-order valence-corrected chi connectivity index (χ3v) is 5.42. The number of nitrogens with zero attached hydrogens (tertiary/aromatic N) is 6. The normalized spacial score (nSPS) is 25.5. The molecule has 8 heteroatoms. The second-order valence-corrected chi connectivity index (χ2v) is 6.74. The first-order valence-electron chi connectivity index (χ1n) is 8.78. The van der Waals surface area contributed by atoms with Crippen LogP contribution < -0.4 is 4.90 Å². The smallest absolute Gasteiger partial charge is 0.227 e. The van der Waals surface area contributed by atoms with Crippen molar-refractivity contribution in [3.63, 3.8) is 0 Å². The lowest BCUT2D eigenvalue weighted by Crippen LogP contribution is -2.28. The molecule has 2 fully saturated rings. The molecule has 1 saturated carbocycles. The molecular weight excluding hydrogens is 320 g/mol. The van der Waals surface area contributed by atoms with Crippen LogP contribution >= 0.6 is 0 Å². The molecule has 4 rings (SSSR count). The van der Waals surface area contributed by atoms with Crippen LogP contribution in [0.5, 0.6) is 0 Å². The molecule has 0 spiro atoms. The zero-order chi connectivity index (χ0) is 17.2. The largest absolute Gasteiger partial charge is 0.383 e. The van der Waals surface area contributed by atoms with Crippen LogP contribution in [0, 0.1) is 11.8 Å². The predicted octanol–water partition coefficient (Wildman–Crippen LogP) is 1.24. The predicted molar refractivity (Wildman–Crippen MR) is 92.1 cm³/mol. The third kappa shape index (κ3) is 3.00. The van der Waals surface area contributed by atoms with Gasteiger partial charge in [-0.05, 0) is 18.8 Å². The molecule has 0 radical (unpaired) electrons. The van der Waals surface area contributed by atoms with Crippen LogP contribution in [0.3, 0.4) is 0 Å². The van der Waals surface area contributed by atoms with Crippen molar-refractivity contribution >= 4 is 5.95 Å². The van der Waals surface area contributed by atoms with E-state index in [4.69, 9.17) is 9.47 Å². The molecule has 3 atom stereocenters. The van der Waals surface area contributed by atoms with Crippen LogP contribution in [0.1, 0.15) is 12.8 Å². The van der Waals surface area contributed by atoms with Gasteiger partial charge in [0.15, 0.2) is 5.82 Å². The summed E-state index contributed by atoms with van der Waals surface area (Å²) in [5, 5.41) is 8.88. The van der Waals surface area contributed by atoms with E-state index in [1.165, 1.54) is 12.8 Å². The van der Waals surface area contributed by atoms with Gasteiger partial charge in [0.1, 0.15) is 5.69 Å². The summed E-state index contributed by atoms with van der Waals surface area (Å²) in [5.41, 5.74) is 0.728. The maximum Gasteiger partial charge on any atom is 0.227 e. The second kappa shape index (κ2) is 7.05. The molecule has 0 unspecified atom stereocenters. The van der Waals surface area contributed by atoms with Crippen LogP contribution in [0.15, 0.2) is 18.6 Å². The minimum Gasteiger partial charge on any atom is -0.383 e. The summed E-state index contributed by atoms with van der Waals surface area (Å²) in [6.45, 7) is 3.26. The van der Waals surface area contributed by atoms with Crippen molar-refractivity contribution in [2.45, 2.75) is 25.5 Å². The topological polar surface area (TPSA) is 78.2 Å². The summed E-state index contributed by atoms with van der Waals surface area (Å²) in [5.74, 6) is 2.89. The number of aromatic nitrogens is 5. The molecule has 1 saturated heterocycles. The van der Waals surface area contributed by atoms with Crippen molar-refractivity contribution in [1.29, 1.82) is 0 Å². The Bertz CT molecular complexity index is 706. The van der Waals surface area contributed by atoms with Gasteiger partial charge in [-0.2, -0.15) is 0 Å². The molecule has 1 aliphatic heterocycles. The molecule has 2 aliphatic rings. The Kier molecular flexibility index (Phi) is 4.63. The highest BCUT2D eigenvalue weighted by Crippen LogP contribution is 2.41. The lowest BCUT2D eigenvalue weighted by Gasteiger charge is -2.21. The van der Waals surface area contributed by atoms with Crippen molar-refractivity contribution in [3.05, 3.63) is 18.6 Å². The number of anilines is 1. The van der Waals surface area contributed by atoms with Gasteiger partial charge in [-0.25, -0.2) is 4.98 Å². The van der Waals surface area contributed by atoms with Gasteiger partial charge in [0.2, 0.25) is 5.95 Å². The van der Waals surface area contributed by atoms with Crippen molar-refractivity contribution in [2.75, 3.05) is 38.8 Å². The molecule has 3 heterocycles. The number of hydrogen-bond donors (Lipinski definition) is 0. The molecule has 0 bridgehead atoms. The summed E-state index contributed by atoms with van der Waals surface area (Å²) < 4.78 is 13.0. The van der Waals surface area contributed by atoms with Gasteiger partial charge in [-0.3, -0.25) is 9.55 Å². The highest BCUT2D eigenvalue weighted by molar-refractivity contribution is 5.52. The van der Waals surface area contributed by atoms with E-state index < -0.39 is 0 Å². The van der Waals surface area contributed by atoms with Gasteiger partial charge < -0.3 is 14.4 Å². The first-order valence-corrected chi connectivity index (χ1v) is 8.78. The summed E-state index contributed by atoms with van der Waals surface area (Å²) in [6.07, 6.45) is 7.81. The Morgan fingerprint density at radius 3 is 2.84 bits per heavy atom. The minimum absolute atomic E-state index is 0.366. The Morgan fingerprint density at radius 1 is 1.16 bits per heavy atom. The average Bonchev–Trinajstić information content (AvgIpc) is 3.33. The lowest BCUT2D eigenvalue weighted by molar-refractivity contribution is 0.0721. The average molecular weight is 344 g/mol. The molecule has 2 aromatic heterocycles. The fourth-order valence-corrected chi connectivity index (χ4v) is 4.19. The van der Waals surface area contributed by atoms with Crippen LogP contribution in [0.25, 0.3) is 11.5 Å². The maximum absolute atomic E-state index is 5.67. The Labute approximate surface area is 147 Å². The molecule has 0 amide bonds. The second-order valence-electron chi connectivity index (χ2n) is 6.74. The SMILES string of the molecule is COCCn1c(-c2cnccn2)nnc1N1C[C@@H]2CC[C@H](OC)[C@@H]2C1. The molecule has 2 aromatic rings. The summed E-state index contributed by atoms with van der Waals surface area (Å²) in [6, 6.07) is 0. The standard InChI is InChI=1S/C17H24N6O2/c1-24-8-7-23-16(14-9-18-5-6-19-14)20-21-17(23)22-10-12-3-4-15(25-2)13(12)11-22/h5-6,9,12-13,15H,3-4,7-8,10-11H2,1-2H3/t12-,13+,15-/m0/s1. The summed E-state index contributed by atoms with van der Waals surface area (Å²) >= 11 is 0. The Balaban J connectivity index is 1.63. The first kappa shape index (κ1) is 16.4. The van der Waals surface area contributed by atoms with E-state index in [0.717, 1.165) is 30.6 Å². The van der Waals surface area contributed by atoms with Crippen LogP contribution in [-0.4, -0.2) is 64.8 Å². The maximum atomic E-state index is 5.67. The van der Waals surface area contributed by atoms with Gasteiger partial charge in [0.05, 0.1) is 25.5 Å². The third-order valence-electron chi connectivity index (χ3n) is 5.42. The van der Waals surface area contributed by atoms with Gasteiger partial charge >= 0.3 is 0 Å². The molecule has 8 nitrogen and oxygen atoms in total. The van der Waals surface area contributed by atoms with Crippen LogP contribution in [0.2, 0.25) is 0 Å². The fraction of sp³-hybridized carbons (Fsp3) is 0.647. The molecule has 1 aliphatic carbocycles. The fourth-order valence-electron chi connectivity index (χ4n) is 4.19. The Morgan fingerprint density at radius 2 is 2.08 bits per heavy atom. The number of ether oxygens (including phenoxy) is 2. The van der Waals surface area contributed by atoms with E-state index in [1.807, 2.05) is 7.11 Å². The van der Waals surface area contributed by atoms with Gasteiger partial charge in [0, 0.05) is 45.6 Å². The zero-order valence-electron chi connectivity index (χ0n) is 14.7. The van der Waals surface area contributed by atoms with Crippen LogP contribution in [0.4, 0.5) is 5.95 Å².